The number of carbonyl (C=O) groups is 1. The molecule has 0 unspecified atom stereocenters. The molecule has 148 valence electrons. The largest absolute Gasteiger partial charge is 0.497 e. The normalized spacial score (nSPS) is 15.0. The van der Waals surface area contributed by atoms with Crippen LogP contribution in [-0.4, -0.2) is 38.5 Å². The van der Waals surface area contributed by atoms with Gasteiger partial charge in [-0.15, -0.1) is 0 Å². The molecule has 1 atom stereocenters. The Balaban J connectivity index is 1.59. The molecule has 0 radical (unpaired) electrons. The first-order valence-electron chi connectivity index (χ1n) is 9.25. The number of hydrogen-bond acceptors (Lipinski definition) is 6. The lowest BCUT2D eigenvalue weighted by atomic mass is 10.1. The Hall–Kier alpha value is -3.22. The zero-order valence-electron chi connectivity index (χ0n) is 16.3. The lowest BCUT2D eigenvalue weighted by molar-refractivity contribution is -0.119. The molecule has 0 saturated carbocycles. The molecule has 0 saturated heterocycles. The smallest absolute Gasteiger partial charge is 0.259 e. The van der Waals surface area contributed by atoms with Gasteiger partial charge in [0, 0.05) is 29.3 Å². The van der Waals surface area contributed by atoms with E-state index >= 15 is 0 Å². The Bertz CT molecular complexity index is 867. The molecule has 7 nitrogen and oxygen atoms in total. The number of rotatable bonds is 8. The fourth-order valence-electron chi connectivity index (χ4n) is 2.97. The SMILES string of the molecule is CCOc1cc2c(cc1/C=N\NC(=O)CNc1cccc(OC)c1)O[C@H](C)C2. The maximum Gasteiger partial charge on any atom is 0.259 e. The molecule has 0 bridgehead atoms. The molecular formula is C21H25N3O4. The summed E-state index contributed by atoms with van der Waals surface area (Å²) in [7, 11) is 1.60. The van der Waals surface area contributed by atoms with Crippen LogP contribution < -0.4 is 25.0 Å². The van der Waals surface area contributed by atoms with Crippen LogP contribution in [-0.2, 0) is 11.2 Å². The minimum atomic E-state index is -0.261. The second-order valence-corrected chi connectivity index (χ2v) is 6.44. The Morgan fingerprint density at radius 2 is 2.21 bits per heavy atom. The molecule has 2 N–H and O–H groups in total. The van der Waals surface area contributed by atoms with Crippen LogP contribution in [0.1, 0.15) is 25.0 Å². The summed E-state index contributed by atoms with van der Waals surface area (Å²) < 4.78 is 16.6. The third kappa shape index (κ3) is 4.94. The predicted octanol–water partition coefficient (Wildman–Crippen LogP) is 2.98. The fraction of sp³-hybridized carbons (Fsp3) is 0.333. The third-order valence-corrected chi connectivity index (χ3v) is 4.24. The molecule has 1 amide bonds. The van der Waals surface area contributed by atoms with E-state index in [2.05, 4.69) is 15.8 Å². The van der Waals surface area contributed by atoms with Gasteiger partial charge >= 0.3 is 0 Å². The van der Waals surface area contributed by atoms with E-state index in [1.54, 1.807) is 13.3 Å². The molecule has 0 aromatic heterocycles. The molecule has 0 fully saturated rings. The van der Waals surface area contributed by atoms with Gasteiger partial charge in [0.15, 0.2) is 0 Å². The van der Waals surface area contributed by atoms with Gasteiger partial charge in [-0.3, -0.25) is 4.79 Å². The molecule has 2 aromatic carbocycles. The highest BCUT2D eigenvalue weighted by Crippen LogP contribution is 2.34. The first kappa shape index (κ1) is 19.5. The van der Waals surface area contributed by atoms with Gasteiger partial charge in [0.25, 0.3) is 5.91 Å². The zero-order chi connectivity index (χ0) is 19.9. The van der Waals surface area contributed by atoms with Gasteiger partial charge in [-0.25, -0.2) is 5.43 Å². The first-order valence-corrected chi connectivity index (χ1v) is 9.25. The predicted molar refractivity (Wildman–Crippen MR) is 109 cm³/mol. The number of carbonyl (C=O) groups excluding carboxylic acids is 1. The summed E-state index contributed by atoms with van der Waals surface area (Å²) in [6.45, 7) is 4.60. The van der Waals surface area contributed by atoms with Gasteiger partial charge in [-0.1, -0.05) is 6.07 Å². The van der Waals surface area contributed by atoms with Gasteiger partial charge in [0.1, 0.15) is 23.4 Å². The Morgan fingerprint density at radius 3 is 3.00 bits per heavy atom. The van der Waals surface area contributed by atoms with Gasteiger partial charge in [0.2, 0.25) is 0 Å². The van der Waals surface area contributed by atoms with Crippen molar-refractivity contribution in [3.05, 3.63) is 47.5 Å². The molecule has 2 aromatic rings. The van der Waals surface area contributed by atoms with Crippen LogP contribution in [0.3, 0.4) is 0 Å². The van der Waals surface area contributed by atoms with Crippen molar-refractivity contribution in [2.75, 3.05) is 25.6 Å². The maximum absolute atomic E-state index is 12.0. The quantitative estimate of drug-likeness (QED) is 0.541. The van der Waals surface area contributed by atoms with Gasteiger partial charge in [-0.05, 0) is 38.1 Å². The highest BCUT2D eigenvalue weighted by molar-refractivity contribution is 5.87. The minimum Gasteiger partial charge on any atom is -0.497 e. The molecular weight excluding hydrogens is 358 g/mol. The average Bonchev–Trinajstić information content (AvgIpc) is 3.05. The van der Waals surface area contributed by atoms with Crippen LogP contribution in [0.5, 0.6) is 17.2 Å². The van der Waals surface area contributed by atoms with Crippen molar-refractivity contribution in [2.45, 2.75) is 26.4 Å². The fourth-order valence-corrected chi connectivity index (χ4v) is 2.97. The summed E-state index contributed by atoms with van der Waals surface area (Å²) in [5.41, 5.74) is 5.19. The number of nitrogens with one attached hydrogen (secondary N) is 2. The third-order valence-electron chi connectivity index (χ3n) is 4.24. The second-order valence-electron chi connectivity index (χ2n) is 6.44. The van der Waals surface area contributed by atoms with Crippen LogP contribution in [0.4, 0.5) is 5.69 Å². The second kappa shape index (κ2) is 9.12. The van der Waals surface area contributed by atoms with Crippen molar-refractivity contribution in [3.63, 3.8) is 0 Å². The average molecular weight is 383 g/mol. The lowest BCUT2D eigenvalue weighted by Gasteiger charge is -2.10. The molecule has 28 heavy (non-hydrogen) atoms. The standard InChI is InChI=1S/C21H25N3O4/c1-4-27-19-9-15-8-14(2)28-20(15)10-16(19)12-23-24-21(25)13-22-17-6-5-7-18(11-17)26-3/h5-7,9-12,14,22H,4,8,13H2,1-3H3,(H,24,25)/b23-12-/t14-/m1/s1. The number of methoxy groups -OCH3 is 1. The summed E-state index contributed by atoms with van der Waals surface area (Å²) in [4.78, 5) is 12.0. The van der Waals surface area contributed by atoms with Crippen molar-refractivity contribution in [3.8, 4) is 17.2 Å². The van der Waals surface area contributed by atoms with Crippen LogP contribution >= 0.6 is 0 Å². The number of hydrogen-bond donors (Lipinski definition) is 2. The highest BCUT2D eigenvalue weighted by atomic mass is 16.5. The summed E-state index contributed by atoms with van der Waals surface area (Å²) in [6.07, 6.45) is 2.58. The van der Waals surface area contributed by atoms with E-state index in [0.717, 1.165) is 40.5 Å². The van der Waals surface area contributed by atoms with E-state index in [0.29, 0.717) is 6.61 Å². The van der Waals surface area contributed by atoms with E-state index in [-0.39, 0.29) is 18.6 Å². The number of benzene rings is 2. The van der Waals surface area contributed by atoms with Crippen LogP contribution in [0.25, 0.3) is 0 Å². The van der Waals surface area contributed by atoms with Crippen LogP contribution in [0.2, 0.25) is 0 Å². The number of fused-ring (bicyclic) bond motifs is 1. The van der Waals surface area contributed by atoms with Crippen molar-refractivity contribution in [2.24, 2.45) is 5.10 Å². The van der Waals surface area contributed by atoms with E-state index < -0.39 is 0 Å². The molecule has 1 heterocycles. The van der Waals surface area contributed by atoms with Crippen LogP contribution in [0.15, 0.2) is 41.5 Å². The molecule has 0 spiro atoms. The van der Waals surface area contributed by atoms with E-state index in [4.69, 9.17) is 14.2 Å². The lowest BCUT2D eigenvalue weighted by Crippen LogP contribution is -2.25. The number of ether oxygens (including phenoxy) is 3. The maximum atomic E-state index is 12.0. The molecule has 1 aliphatic heterocycles. The Kier molecular flexibility index (Phi) is 6.37. The Labute approximate surface area is 164 Å². The Morgan fingerprint density at radius 1 is 1.36 bits per heavy atom. The van der Waals surface area contributed by atoms with E-state index in [9.17, 15) is 4.79 Å². The molecule has 3 rings (SSSR count). The van der Waals surface area contributed by atoms with Crippen molar-refractivity contribution in [1.29, 1.82) is 0 Å². The monoisotopic (exact) mass is 383 g/mol. The number of hydrazone groups is 1. The van der Waals surface area contributed by atoms with E-state index in [1.807, 2.05) is 50.2 Å². The molecule has 7 heteroatoms. The number of amides is 1. The highest BCUT2D eigenvalue weighted by Gasteiger charge is 2.21. The number of anilines is 1. The molecule has 1 aliphatic rings. The first-order chi connectivity index (χ1) is 13.6. The number of nitrogens with zero attached hydrogens (tertiary/aromatic N) is 1. The summed E-state index contributed by atoms with van der Waals surface area (Å²) in [5, 5.41) is 7.08. The summed E-state index contributed by atoms with van der Waals surface area (Å²) in [6, 6.07) is 11.2. The minimum absolute atomic E-state index is 0.0909. The summed E-state index contributed by atoms with van der Waals surface area (Å²) in [5.74, 6) is 2.03. The van der Waals surface area contributed by atoms with Crippen molar-refractivity contribution in [1.82, 2.24) is 5.43 Å². The zero-order valence-corrected chi connectivity index (χ0v) is 16.3. The van der Waals surface area contributed by atoms with Gasteiger partial charge < -0.3 is 19.5 Å². The van der Waals surface area contributed by atoms with Gasteiger partial charge in [0.05, 0.1) is 26.5 Å². The van der Waals surface area contributed by atoms with Gasteiger partial charge in [-0.2, -0.15) is 5.10 Å². The molecule has 0 aliphatic carbocycles. The van der Waals surface area contributed by atoms with Crippen LogP contribution in [0, 0.1) is 0 Å². The van der Waals surface area contributed by atoms with Crippen molar-refractivity contribution < 1.29 is 19.0 Å². The summed E-state index contributed by atoms with van der Waals surface area (Å²) >= 11 is 0. The topological polar surface area (TPSA) is 81.2 Å². The van der Waals surface area contributed by atoms with E-state index in [1.165, 1.54) is 0 Å². The van der Waals surface area contributed by atoms with Crippen molar-refractivity contribution >= 4 is 17.8 Å².